The first-order valence-electron chi connectivity index (χ1n) is 7.88. The first-order valence-corrected chi connectivity index (χ1v) is 8.70. The number of nitrogens with zero attached hydrogens (tertiary/aromatic N) is 5. The second kappa shape index (κ2) is 6.29. The van der Waals surface area contributed by atoms with Crippen molar-refractivity contribution in [3.63, 3.8) is 0 Å². The maximum absolute atomic E-state index is 5.23. The van der Waals surface area contributed by atoms with Crippen LogP contribution in [0.3, 0.4) is 0 Å². The number of hydrogen-bond acceptors (Lipinski definition) is 7. The van der Waals surface area contributed by atoms with E-state index in [1.165, 1.54) is 11.3 Å². The van der Waals surface area contributed by atoms with E-state index < -0.39 is 0 Å². The maximum Gasteiger partial charge on any atom is 0.234 e. The third-order valence-electron chi connectivity index (χ3n) is 4.13. The van der Waals surface area contributed by atoms with Gasteiger partial charge in [0.25, 0.3) is 0 Å². The first kappa shape index (κ1) is 15.8. The van der Waals surface area contributed by atoms with Crippen LogP contribution in [0.1, 0.15) is 33.4 Å². The van der Waals surface area contributed by atoms with Crippen LogP contribution in [-0.4, -0.2) is 32.1 Å². The van der Waals surface area contributed by atoms with E-state index in [1.54, 1.807) is 7.11 Å². The molecule has 0 N–H and O–H groups in total. The lowest BCUT2D eigenvalue weighted by atomic mass is 10.1. The van der Waals surface area contributed by atoms with E-state index in [0.717, 1.165) is 44.1 Å². The summed E-state index contributed by atoms with van der Waals surface area (Å²) in [7, 11) is 1.66. The number of aryl methyl sites for hydroxylation is 2. The van der Waals surface area contributed by atoms with Crippen LogP contribution in [0.2, 0.25) is 0 Å². The smallest absolute Gasteiger partial charge is 0.234 e. The molecule has 7 nitrogen and oxygen atoms in total. The zero-order valence-electron chi connectivity index (χ0n) is 14.2. The van der Waals surface area contributed by atoms with Gasteiger partial charge in [-0.2, -0.15) is 9.61 Å². The van der Waals surface area contributed by atoms with E-state index in [2.05, 4.69) is 20.5 Å². The normalized spacial score (nSPS) is 11.3. The van der Waals surface area contributed by atoms with E-state index in [0.29, 0.717) is 12.8 Å². The highest BCUT2D eigenvalue weighted by Crippen LogP contribution is 2.22. The largest absolute Gasteiger partial charge is 0.497 e. The highest BCUT2D eigenvalue weighted by atomic mass is 32.1. The van der Waals surface area contributed by atoms with E-state index in [1.807, 2.05) is 42.6 Å². The number of ether oxygens (including phenoxy) is 1. The molecule has 4 aromatic rings. The van der Waals surface area contributed by atoms with Gasteiger partial charge in [-0.05, 0) is 31.5 Å². The van der Waals surface area contributed by atoms with Crippen LogP contribution in [0.5, 0.6) is 5.75 Å². The van der Waals surface area contributed by atoms with Gasteiger partial charge < -0.3 is 9.26 Å². The summed E-state index contributed by atoms with van der Waals surface area (Å²) in [6.45, 7) is 3.87. The standard InChI is InChI=1S/C17H17N5O2S/c1-10-14(11(2)24-21-10)9-16-20-22-15(18-19-17(22)25-16)8-12-4-6-13(23-3)7-5-12/h4-7H,8-9H2,1-3H3. The van der Waals surface area contributed by atoms with Gasteiger partial charge in [0.15, 0.2) is 5.82 Å². The Morgan fingerprint density at radius 3 is 2.60 bits per heavy atom. The Labute approximate surface area is 148 Å². The third-order valence-corrected chi connectivity index (χ3v) is 5.03. The minimum atomic E-state index is 0.666. The quantitative estimate of drug-likeness (QED) is 0.548. The fraction of sp³-hybridized carbons (Fsp3) is 0.294. The minimum absolute atomic E-state index is 0.666. The molecule has 3 aromatic heterocycles. The number of hydrogen-bond donors (Lipinski definition) is 0. The second-order valence-electron chi connectivity index (χ2n) is 5.81. The van der Waals surface area contributed by atoms with Crippen molar-refractivity contribution >= 4 is 16.3 Å². The SMILES string of the molecule is COc1ccc(Cc2nnc3sc(Cc4c(C)noc4C)nn23)cc1. The Bertz CT molecular complexity index is 996. The lowest BCUT2D eigenvalue weighted by Crippen LogP contribution is -1.99. The van der Waals surface area contributed by atoms with Crippen LogP contribution in [0.25, 0.3) is 4.96 Å². The van der Waals surface area contributed by atoms with E-state index in [-0.39, 0.29) is 0 Å². The highest BCUT2D eigenvalue weighted by molar-refractivity contribution is 7.16. The summed E-state index contributed by atoms with van der Waals surface area (Å²) < 4.78 is 12.2. The first-order chi connectivity index (χ1) is 12.1. The van der Waals surface area contributed by atoms with Gasteiger partial charge in [-0.25, -0.2) is 0 Å². The maximum atomic E-state index is 5.23. The summed E-state index contributed by atoms with van der Waals surface area (Å²) in [5.41, 5.74) is 3.12. The summed E-state index contributed by atoms with van der Waals surface area (Å²) in [5, 5.41) is 18.2. The molecule has 3 heterocycles. The molecule has 25 heavy (non-hydrogen) atoms. The van der Waals surface area contributed by atoms with Crippen molar-refractivity contribution in [2.24, 2.45) is 0 Å². The number of methoxy groups -OCH3 is 1. The molecule has 0 spiro atoms. The van der Waals surface area contributed by atoms with Gasteiger partial charge in [0.05, 0.1) is 12.8 Å². The molecule has 0 atom stereocenters. The molecule has 0 aliphatic heterocycles. The molecule has 0 amide bonds. The summed E-state index contributed by atoms with van der Waals surface area (Å²) in [6, 6.07) is 7.93. The van der Waals surface area contributed by atoms with E-state index in [4.69, 9.17) is 9.26 Å². The predicted octanol–water partition coefficient (Wildman–Crippen LogP) is 2.98. The topological polar surface area (TPSA) is 78.3 Å². The molecule has 0 aliphatic carbocycles. The molecule has 0 saturated carbocycles. The Kier molecular flexibility index (Phi) is 3.96. The van der Waals surface area contributed by atoms with Gasteiger partial charge in [-0.15, -0.1) is 10.2 Å². The average molecular weight is 355 g/mol. The van der Waals surface area contributed by atoms with Crippen molar-refractivity contribution in [2.45, 2.75) is 26.7 Å². The summed E-state index contributed by atoms with van der Waals surface area (Å²) in [5.74, 6) is 2.49. The van der Waals surface area contributed by atoms with Crippen LogP contribution in [0.15, 0.2) is 28.8 Å². The minimum Gasteiger partial charge on any atom is -0.497 e. The zero-order valence-corrected chi connectivity index (χ0v) is 15.0. The molecule has 4 rings (SSSR count). The summed E-state index contributed by atoms with van der Waals surface area (Å²) >= 11 is 1.54. The molecule has 0 saturated heterocycles. The van der Waals surface area contributed by atoms with Crippen LogP contribution in [0, 0.1) is 13.8 Å². The van der Waals surface area contributed by atoms with Crippen LogP contribution < -0.4 is 4.74 Å². The zero-order chi connectivity index (χ0) is 17.4. The van der Waals surface area contributed by atoms with Crippen molar-refractivity contribution in [3.8, 4) is 5.75 Å². The third kappa shape index (κ3) is 3.00. The molecule has 0 radical (unpaired) electrons. The number of rotatable bonds is 5. The van der Waals surface area contributed by atoms with Gasteiger partial charge >= 0.3 is 0 Å². The van der Waals surface area contributed by atoms with Gasteiger partial charge in [-0.3, -0.25) is 0 Å². The van der Waals surface area contributed by atoms with Crippen LogP contribution >= 0.6 is 11.3 Å². The van der Waals surface area contributed by atoms with Gasteiger partial charge in [0.1, 0.15) is 16.5 Å². The van der Waals surface area contributed by atoms with Gasteiger partial charge in [-0.1, -0.05) is 28.6 Å². The summed E-state index contributed by atoms with van der Waals surface area (Å²) in [4.78, 5) is 0.797. The van der Waals surface area contributed by atoms with Crippen LogP contribution in [-0.2, 0) is 12.8 Å². The van der Waals surface area contributed by atoms with Gasteiger partial charge in [0, 0.05) is 18.4 Å². The number of aromatic nitrogens is 5. The van der Waals surface area contributed by atoms with Crippen molar-refractivity contribution in [1.29, 1.82) is 0 Å². The number of benzene rings is 1. The highest BCUT2D eigenvalue weighted by Gasteiger charge is 2.16. The Hall–Kier alpha value is -2.74. The molecule has 8 heteroatoms. The average Bonchev–Trinajstić information content (AvgIpc) is 3.28. The fourth-order valence-electron chi connectivity index (χ4n) is 2.71. The van der Waals surface area contributed by atoms with Crippen molar-refractivity contribution in [3.05, 3.63) is 57.7 Å². The van der Waals surface area contributed by atoms with Crippen molar-refractivity contribution in [2.75, 3.05) is 7.11 Å². The Morgan fingerprint density at radius 1 is 1.12 bits per heavy atom. The van der Waals surface area contributed by atoms with E-state index >= 15 is 0 Å². The molecule has 0 unspecified atom stereocenters. The fourth-order valence-corrected chi connectivity index (χ4v) is 3.57. The molecule has 0 bridgehead atoms. The molecule has 0 fully saturated rings. The van der Waals surface area contributed by atoms with Crippen LogP contribution in [0.4, 0.5) is 0 Å². The lowest BCUT2D eigenvalue weighted by molar-refractivity contribution is 0.392. The molecule has 128 valence electrons. The Morgan fingerprint density at radius 2 is 1.92 bits per heavy atom. The molecule has 1 aromatic carbocycles. The summed E-state index contributed by atoms with van der Waals surface area (Å²) in [6.07, 6.45) is 1.36. The Balaban J connectivity index is 1.59. The lowest BCUT2D eigenvalue weighted by Gasteiger charge is -2.01. The second-order valence-corrected chi connectivity index (χ2v) is 6.85. The monoisotopic (exact) mass is 355 g/mol. The van der Waals surface area contributed by atoms with Crippen molar-refractivity contribution < 1.29 is 9.26 Å². The van der Waals surface area contributed by atoms with Crippen molar-refractivity contribution in [1.82, 2.24) is 25.0 Å². The molecular weight excluding hydrogens is 338 g/mol. The van der Waals surface area contributed by atoms with E-state index in [9.17, 15) is 0 Å². The predicted molar refractivity (Wildman–Crippen MR) is 93.2 cm³/mol. The molecule has 0 aliphatic rings. The molecular formula is C17H17N5O2S. The van der Waals surface area contributed by atoms with Gasteiger partial charge in [0.2, 0.25) is 4.96 Å². The number of fused-ring (bicyclic) bond motifs is 1.